The van der Waals surface area contributed by atoms with E-state index in [0.29, 0.717) is 32.9 Å². The molecular weight excluding hydrogens is 462 g/mol. The van der Waals surface area contributed by atoms with Crippen LogP contribution in [0, 0.1) is 0 Å². The van der Waals surface area contributed by atoms with E-state index in [2.05, 4.69) is 10.3 Å². The van der Waals surface area contributed by atoms with E-state index in [-0.39, 0.29) is 36.5 Å². The van der Waals surface area contributed by atoms with Gasteiger partial charge >= 0.3 is 11.9 Å². The molecule has 1 aliphatic rings. The summed E-state index contributed by atoms with van der Waals surface area (Å²) in [6, 6.07) is 13.2. The van der Waals surface area contributed by atoms with Crippen molar-refractivity contribution < 1.29 is 29.3 Å². The highest BCUT2D eigenvalue weighted by molar-refractivity contribution is 6.31. The topological polar surface area (TPSA) is 129 Å². The molecule has 3 aromatic rings. The number of carbonyl (C=O) groups excluding carboxylic acids is 2. The molecule has 10 heteroatoms. The van der Waals surface area contributed by atoms with Crippen LogP contribution in [0.3, 0.4) is 0 Å². The number of carbonyl (C=O) groups is 3. The van der Waals surface area contributed by atoms with Crippen molar-refractivity contribution in [2.24, 2.45) is 0 Å². The van der Waals surface area contributed by atoms with Gasteiger partial charge in [0, 0.05) is 28.2 Å². The quantitative estimate of drug-likeness (QED) is 0.439. The molecule has 174 valence electrons. The smallest absolute Gasteiger partial charge is 0.337 e. The van der Waals surface area contributed by atoms with Crippen molar-refractivity contribution >= 4 is 46.0 Å². The number of nitrogens with one attached hydrogen (secondary N) is 1. The number of benzene rings is 2. The van der Waals surface area contributed by atoms with Crippen LogP contribution < -0.4 is 5.32 Å². The van der Waals surface area contributed by atoms with E-state index in [1.807, 2.05) is 0 Å². The Morgan fingerprint density at radius 1 is 1.18 bits per heavy atom. The van der Waals surface area contributed by atoms with Crippen molar-refractivity contribution in [3.8, 4) is 11.3 Å². The number of aromatic nitrogens is 1. The summed E-state index contributed by atoms with van der Waals surface area (Å²) in [7, 11) is 1.23. The average molecular weight is 482 g/mol. The van der Waals surface area contributed by atoms with Crippen molar-refractivity contribution in [3.05, 3.63) is 70.4 Å². The number of aliphatic hydroxyl groups is 1. The number of carboxylic acid groups (broad SMARTS) is 1. The van der Waals surface area contributed by atoms with E-state index in [4.69, 9.17) is 16.3 Å². The molecule has 0 bridgehead atoms. The molecular formula is C24H20ClN3O6. The first-order valence-corrected chi connectivity index (χ1v) is 10.6. The minimum absolute atomic E-state index is 0.0372. The molecule has 0 fully saturated rings. The highest BCUT2D eigenvalue weighted by Gasteiger charge is 2.34. The molecule has 0 saturated carbocycles. The molecule has 3 N–H and O–H groups in total. The number of methoxy groups -OCH3 is 1. The number of amides is 1. The maximum absolute atomic E-state index is 12.7. The largest absolute Gasteiger partial charge is 0.478 e. The summed E-state index contributed by atoms with van der Waals surface area (Å²) in [5.74, 6) is -2.14. The second kappa shape index (κ2) is 9.50. The molecule has 9 nitrogen and oxygen atoms in total. The third-order valence-electron chi connectivity index (χ3n) is 5.40. The fourth-order valence-corrected chi connectivity index (χ4v) is 3.91. The van der Waals surface area contributed by atoms with Crippen LogP contribution in [-0.2, 0) is 14.3 Å². The number of rotatable bonds is 7. The van der Waals surface area contributed by atoms with Gasteiger partial charge in [0.05, 0.1) is 42.6 Å². The first kappa shape index (κ1) is 23.2. The minimum Gasteiger partial charge on any atom is -0.478 e. The highest BCUT2D eigenvalue weighted by atomic mass is 35.5. The number of hydrogen-bond acceptors (Lipinski definition) is 7. The molecule has 1 aliphatic heterocycles. The van der Waals surface area contributed by atoms with Gasteiger partial charge in [0.15, 0.2) is 0 Å². The first-order chi connectivity index (χ1) is 16.3. The fraction of sp³-hybridized carbons (Fsp3) is 0.167. The number of β-amino-alcohol motifs (C(OH)–C–C–N with tert-alkyl or cyclic N) is 1. The lowest BCUT2D eigenvalue weighted by atomic mass is 10.0. The predicted molar refractivity (Wildman–Crippen MR) is 125 cm³/mol. The number of halogens is 1. The third kappa shape index (κ3) is 4.43. The van der Waals surface area contributed by atoms with Gasteiger partial charge in [0.25, 0.3) is 5.91 Å². The minimum atomic E-state index is -1.09. The molecule has 0 saturated heterocycles. The van der Waals surface area contributed by atoms with Gasteiger partial charge in [-0.2, -0.15) is 0 Å². The lowest BCUT2D eigenvalue weighted by molar-refractivity contribution is -0.136. The van der Waals surface area contributed by atoms with Gasteiger partial charge in [-0.25, -0.2) is 14.6 Å². The van der Waals surface area contributed by atoms with Gasteiger partial charge < -0.3 is 25.2 Å². The standard InChI is InChI=1S/C24H20ClN3O6/c1-34-24(33)18-12-28(8-9-29)22(30)21(18)26-15-5-2-13(3-6-15)20-11-17(23(31)32)16-10-14(25)4-7-19(16)27-20/h2-7,10-11,26,29H,8-9,12H2,1H3,(H,31,32). The zero-order valence-corrected chi connectivity index (χ0v) is 18.8. The lowest BCUT2D eigenvalue weighted by Crippen LogP contribution is -2.31. The van der Waals surface area contributed by atoms with Crippen molar-refractivity contribution in [2.45, 2.75) is 0 Å². The summed E-state index contributed by atoms with van der Waals surface area (Å²) in [5.41, 5.74) is 2.48. The number of anilines is 1. The Hall–Kier alpha value is -3.95. The number of ether oxygens (including phenoxy) is 1. The van der Waals surface area contributed by atoms with Crippen molar-refractivity contribution in [2.75, 3.05) is 32.1 Å². The van der Waals surface area contributed by atoms with Gasteiger partial charge in [-0.05, 0) is 36.4 Å². The van der Waals surface area contributed by atoms with Crippen LogP contribution in [-0.4, -0.2) is 64.7 Å². The number of pyridine rings is 1. The Kier molecular flexibility index (Phi) is 6.49. The molecule has 1 amide bonds. The monoisotopic (exact) mass is 481 g/mol. The average Bonchev–Trinajstić information content (AvgIpc) is 3.13. The summed E-state index contributed by atoms with van der Waals surface area (Å²) < 4.78 is 4.78. The van der Waals surface area contributed by atoms with E-state index in [1.165, 1.54) is 18.1 Å². The van der Waals surface area contributed by atoms with E-state index < -0.39 is 17.8 Å². The van der Waals surface area contributed by atoms with Crippen molar-refractivity contribution in [1.29, 1.82) is 0 Å². The van der Waals surface area contributed by atoms with E-state index in [1.54, 1.807) is 42.5 Å². The van der Waals surface area contributed by atoms with E-state index in [9.17, 15) is 24.6 Å². The van der Waals surface area contributed by atoms with Crippen molar-refractivity contribution in [1.82, 2.24) is 9.88 Å². The van der Waals surface area contributed by atoms with Gasteiger partial charge in [-0.15, -0.1) is 0 Å². The zero-order chi connectivity index (χ0) is 24.4. The van der Waals surface area contributed by atoms with Crippen molar-refractivity contribution in [3.63, 3.8) is 0 Å². The van der Waals surface area contributed by atoms with Crippen LogP contribution in [0.5, 0.6) is 0 Å². The van der Waals surface area contributed by atoms with Gasteiger partial charge in [-0.1, -0.05) is 23.7 Å². The summed E-state index contributed by atoms with van der Waals surface area (Å²) in [5, 5.41) is 22.6. The number of aromatic carboxylic acids is 1. The second-order valence-corrected chi connectivity index (χ2v) is 7.96. The number of hydrogen-bond donors (Lipinski definition) is 3. The molecule has 0 radical (unpaired) electrons. The normalized spacial score (nSPS) is 13.5. The Bertz CT molecular complexity index is 1340. The SMILES string of the molecule is COC(=O)C1=C(Nc2ccc(-c3cc(C(=O)O)c4cc(Cl)ccc4n3)cc2)C(=O)N(CCO)C1. The Morgan fingerprint density at radius 3 is 2.56 bits per heavy atom. The maximum atomic E-state index is 12.7. The van der Waals surface area contributed by atoms with Gasteiger partial charge in [-0.3, -0.25) is 4.79 Å². The van der Waals surface area contributed by atoms with Crippen LogP contribution in [0.1, 0.15) is 10.4 Å². The third-order valence-corrected chi connectivity index (χ3v) is 5.64. The van der Waals surface area contributed by atoms with Crippen LogP contribution in [0.25, 0.3) is 22.2 Å². The highest BCUT2D eigenvalue weighted by Crippen LogP contribution is 2.29. The van der Waals surface area contributed by atoms with Crippen LogP contribution >= 0.6 is 11.6 Å². The molecule has 0 unspecified atom stereocenters. The summed E-state index contributed by atoms with van der Waals surface area (Å²) in [6.45, 7) is -0.102. The van der Waals surface area contributed by atoms with Gasteiger partial charge in [0.2, 0.25) is 0 Å². The van der Waals surface area contributed by atoms with E-state index >= 15 is 0 Å². The fourth-order valence-electron chi connectivity index (χ4n) is 3.74. The molecule has 1 aromatic heterocycles. The number of fused-ring (bicyclic) bond motifs is 1. The zero-order valence-electron chi connectivity index (χ0n) is 18.0. The van der Waals surface area contributed by atoms with Crippen LogP contribution in [0.2, 0.25) is 5.02 Å². The van der Waals surface area contributed by atoms with Crippen LogP contribution in [0.4, 0.5) is 5.69 Å². The summed E-state index contributed by atoms with van der Waals surface area (Å²) >= 11 is 6.02. The number of esters is 1. The van der Waals surface area contributed by atoms with Crippen LogP contribution in [0.15, 0.2) is 59.8 Å². The molecule has 0 atom stereocenters. The lowest BCUT2D eigenvalue weighted by Gasteiger charge is -2.15. The Labute approximate surface area is 199 Å². The van der Waals surface area contributed by atoms with E-state index in [0.717, 1.165) is 0 Å². The number of carboxylic acids is 1. The maximum Gasteiger partial charge on any atom is 0.337 e. The molecule has 34 heavy (non-hydrogen) atoms. The number of nitrogens with zero attached hydrogens (tertiary/aromatic N) is 2. The number of aliphatic hydroxyl groups excluding tert-OH is 1. The Morgan fingerprint density at radius 2 is 1.91 bits per heavy atom. The molecule has 0 aliphatic carbocycles. The first-order valence-electron chi connectivity index (χ1n) is 10.2. The second-order valence-electron chi connectivity index (χ2n) is 7.52. The molecule has 2 heterocycles. The predicted octanol–water partition coefficient (Wildman–Crippen LogP) is 2.93. The summed E-state index contributed by atoms with van der Waals surface area (Å²) in [4.78, 5) is 42.5. The molecule has 2 aromatic carbocycles. The molecule has 4 rings (SSSR count). The summed E-state index contributed by atoms with van der Waals surface area (Å²) in [6.07, 6.45) is 0. The molecule has 0 spiro atoms. The van der Waals surface area contributed by atoms with Gasteiger partial charge in [0.1, 0.15) is 5.70 Å². The Balaban J connectivity index is 1.65.